The Morgan fingerprint density at radius 2 is 2.10 bits per heavy atom. The van der Waals surface area contributed by atoms with Gasteiger partial charge in [0, 0.05) is 19.0 Å². The molecule has 0 saturated carbocycles. The van der Waals surface area contributed by atoms with E-state index in [2.05, 4.69) is 30.6 Å². The number of hydrogen-bond donors (Lipinski definition) is 2. The number of nitrogens with zero attached hydrogens (tertiary/aromatic N) is 5. The summed E-state index contributed by atoms with van der Waals surface area (Å²) in [5.74, 6) is 0.638. The lowest BCUT2D eigenvalue weighted by Gasteiger charge is -2.35. The van der Waals surface area contributed by atoms with Gasteiger partial charge in [0.25, 0.3) is 0 Å². The van der Waals surface area contributed by atoms with E-state index in [-0.39, 0.29) is 34.9 Å². The molecule has 2 N–H and O–H groups in total. The second-order valence-electron chi connectivity index (χ2n) is 8.88. The molecule has 29 heavy (non-hydrogen) atoms. The monoisotopic (exact) mass is 403 g/mol. The molecule has 10 nitrogen and oxygen atoms in total. The minimum Gasteiger partial charge on any atom is -0.343 e. The largest absolute Gasteiger partial charge is 0.343 e. The molecular weight excluding hydrogens is 374 g/mol. The van der Waals surface area contributed by atoms with Crippen LogP contribution in [0, 0.1) is 17.3 Å². The third-order valence-electron chi connectivity index (χ3n) is 5.07. The molecule has 2 atom stereocenters. The number of piperidine rings is 1. The highest BCUT2D eigenvalue weighted by molar-refractivity contribution is 5.82. The lowest BCUT2D eigenvalue weighted by Crippen LogP contribution is -2.48. The van der Waals surface area contributed by atoms with Crippen molar-refractivity contribution in [3.8, 4) is 11.6 Å². The van der Waals surface area contributed by atoms with E-state index in [0.29, 0.717) is 24.8 Å². The first-order valence-corrected chi connectivity index (χ1v) is 9.95. The van der Waals surface area contributed by atoms with Crippen LogP contribution in [-0.4, -0.2) is 55.1 Å². The van der Waals surface area contributed by atoms with Crippen molar-refractivity contribution in [3.63, 3.8) is 0 Å². The molecule has 158 valence electrons. The Labute approximate surface area is 169 Å². The maximum atomic E-state index is 13.0. The number of carbonyl (C=O) groups excluding carboxylic acids is 2. The SMILES string of the molecule is CC(C)C(=O)N1CCC[C@@H](C(=O)N[C@H](c2nc(-c3ncn[nH]3)no2)C(C)(C)C)C1. The van der Waals surface area contributed by atoms with E-state index < -0.39 is 6.04 Å². The van der Waals surface area contributed by atoms with Gasteiger partial charge in [-0.1, -0.05) is 39.8 Å². The summed E-state index contributed by atoms with van der Waals surface area (Å²) in [4.78, 5) is 35.6. The average Bonchev–Trinajstić information content (AvgIpc) is 3.35. The quantitative estimate of drug-likeness (QED) is 0.780. The Kier molecular flexibility index (Phi) is 5.99. The van der Waals surface area contributed by atoms with Gasteiger partial charge >= 0.3 is 0 Å². The van der Waals surface area contributed by atoms with Gasteiger partial charge in [0.2, 0.25) is 23.5 Å². The summed E-state index contributed by atoms with van der Waals surface area (Å²) < 4.78 is 5.43. The Morgan fingerprint density at radius 1 is 1.34 bits per heavy atom. The number of amides is 2. The van der Waals surface area contributed by atoms with Crippen LogP contribution in [-0.2, 0) is 9.59 Å². The van der Waals surface area contributed by atoms with Gasteiger partial charge in [-0.15, -0.1) is 0 Å². The third-order valence-corrected chi connectivity index (χ3v) is 5.07. The highest BCUT2D eigenvalue weighted by atomic mass is 16.5. The number of likely N-dealkylation sites (tertiary alicyclic amines) is 1. The predicted octanol–water partition coefficient (Wildman–Crippen LogP) is 1.95. The standard InChI is InChI=1S/C19H29N7O3/c1-11(2)18(28)26-8-6-7-12(9-26)16(27)22-13(19(3,4)5)17-23-15(25-29-17)14-20-10-21-24-14/h10-13H,6-9H2,1-5H3,(H,22,27)(H,20,21,24)/t12-,13-/m1/s1. The fraction of sp³-hybridized carbons (Fsp3) is 0.684. The van der Waals surface area contributed by atoms with Crippen LogP contribution in [0.1, 0.15) is 59.4 Å². The van der Waals surface area contributed by atoms with E-state index in [1.54, 1.807) is 4.90 Å². The Hall–Kier alpha value is -2.78. The van der Waals surface area contributed by atoms with Crippen LogP contribution in [0.25, 0.3) is 11.6 Å². The number of aromatic amines is 1. The van der Waals surface area contributed by atoms with Crippen LogP contribution in [0.5, 0.6) is 0 Å². The summed E-state index contributed by atoms with van der Waals surface area (Å²) in [6, 6.07) is -0.477. The van der Waals surface area contributed by atoms with Crippen molar-refractivity contribution >= 4 is 11.8 Å². The van der Waals surface area contributed by atoms with Gasteiger partial charge in [-0.05, 0) is 18.3 Å². The Bertz CT molecular complexity index is 838. The van der Waals surface area contributed by atoms with E-state index in [1.165, 1.54) is 6.33 Å². The number of rotatable bonds is 5. The van der Waals surface area contributed by atoms with Gasteiger partial charge in [0.1, 0.15) is 12.4 Å². The average molecular weight is 403 g/mol. The van der Waals surface area contributed by atoms with Gasteiger partial charge in [-0.25, -0.2) is 4.98 Å². The molecule has 2 aromatic rings. The summed E-state index contributed by atoms with van der Waals surface area (Å²) in [5, 5.41) is 13.5. The highest BCUT2D eigenvalue weighted by Crippen LogP contribution is 2.33. The first-order chi connectivity index (χ1) is 13.7. The van der Waals surface area contributed by atoms with Crippen LogP contribution >= 0.6 is 0 Å². The molecule has 2 aromatic heterocycles. The van der Waals surface area contributed by atoms with Crippen LogP contribution in [0.4, 0.5) is 0 Å². The molecule has 3 heterocycles. The van der Waals surface area contributed by atoms with E-state index in [0.717, 1.165) is 12.8 Å². The van der Waals surface area contributed by atoms with Crippen LogP contribution in [0.2, 0.25) is 0 Å². The minimum atomic E-state index is -0.477. The van der Waals surface area contributed by atoms with Gasteiger partial charge in [0.05, 0.1) is 5.92 Å². The maximum absolute atomic E-state index is 13.0. The number of H-pyrrole nitrogens is 1. The van der Waals surface area contributed by atoms with E-state index in [1.807, 2.05) is 34.6 Å². The Balaban J connectivity index is 1.74. The second kappa shape index (κ2) is 8.30. The minimum absolute atomic E-state index is 0.0768. The number of carbonyl (C=O) groups is 2. The molecule has 3 rings (SSSR count). The molecule has 1 saturated heterocycles. The summed E-state index contributed by atoms with van der Waals surface area (Å²) in [6.45, 7) is 10.9. The van der Waals surface area contributed by atoms with Crippen molar-refractivity contribution < 1.29 is 14.1 Å². The molecule has 1 fully saturated rings. The van der Waals surface area contributed by atoms with Crippen LogP contribution in [0.15, 0.2) is 10.9 Å². The third kappa shape index (κ3) is 4.80. The van der Waals surface area contributed by atoms with Crippen molar-refractivity contribution in [1.82, 2.24) is 35.5 Å². The smallest absolute Gasteiger partial charge is 0.250 e. The van der Waals surface area contributed by atoms with Crippen molar-refractivity contribution in [2.45, 2.75) is 53.5 Å². The zero-order valence-electron chi connectivity index (χ0n) is 17.6. The highest BCUT2D eigenvalue weighted by Gasteiger charge is 2.36. The van der Waals surface area contributed by atoms with E-state index in [4.69, 9.17) is 4.52 Å². The van der Waals surface area contributed by atoms with E-state index >= 15 is 0 Å². The zero-order chi connectivity index (χ0) is 21.2. The number of aromatic nitrogens is 5. The lowest BCUT2D eigenvalue weighted by atomic mass is 9.85. The summed E-state index contributed by atoms with van der Waals surface area (Å²) in [7, 11) is 0. The summed E-state index contributed by atoms with van der Waals surface area (Å²) in [5.41, 5.74) is -0.358. The maximum Gasteiger partial charge on any atom is 0.250 e. The molecular formula is C19H29N7O3. The van der Waals surface area contributed by atoms with Crippen LogP contribution in [0.3, 0.4) is 0 Å². The lowest BCUT2D eigenvalue weighted by molar-refractivity contribution is -0.138. The molecule has 0 aromatic carbocycles. The molecule has 0 aliphatic carbocycles. The van der Waals surface area contributed by atoms with Crippen molar-refractivity contribution in [2.75, 3.05) is 13.1 Å². The first kappa shape index (κ1) is 20.9. The topological polar surface area (TPSA) is 130 Å². The molecule has 0 spiro atoms. The predicted molar refractivity (Wildman–Crippen MR) is 104 cm³/mol. The first-order valence-electron chi connectivity index (χ1n) is 9.95. The Morgan fingerprint density at radius 3 is 2.72 bits per heavy atom. The van der Waals surface area contributed by atoms with Gasteiger partial charge in [0.15, 0.2) is 5.82 Å². The molecule has 0 radical (unpaired) electrons. The normalized spacial score (nSPS) is 18.7. The molecule has 2 amide bonds. The summed E-state index contributed by atoms with van der Waals surface area (Å²) >= 11 is 0. The van der Waals surface area contributed by atoms with E-state index in [9.17, 15) is 9.59 Å². The fourth-order valence-electron chi connectivity index (χ4n) is 3.43. The molecule has 10 heteroatoms. The fourth-order valence-corrected chi connectivity index (χ4v) is 3.43. The van der Waals surface area contributed by atoms with Crippen molar-refractivity contribution in [1.29, 1.82) is 0 Å². The second-order valence-corrected chi connectivity index (χ2v) is 8.88. The number of hydrogen-bond acceptors (Lipinski definition) is 7. The van der Waals surface area contributed by atoms with Gasteiger partial charge in [-0.2, -0.15) is 10.1 Å². The zero-order valence-corrected chi connectivity index (χ0v) is 17.6. The molecule has 0 unspecified atom stereocenters. The van der Waals surface area contributed by atoms with Gasteiger partial charge < -0.3 is 14.7 Å². The summed E-state index contributed by atoms with van der Waals surface area (Å²) in [6.07, 6.45) is 2.92. The number of nitrogens with one attached hydrogen (secondary N) is 2. The van der Waals surface area contributed by atoms with Crippen LogP contribution < -0.4 is 5.32 Å². The molecule has 1 aliphatic rings. The molecule has 0 bridgehead atoms. The molecule has 1 aliphatic heterocycles. The van der Waals surface area contributed by atoms with Crippen molar-refractivity contribution in [2.24, 2.45) is 17.3 Å². The van der Waals surface area contributed by atoms with Crippen molar-refractivity contribution in [3.05, 3.63) is 12.2 Å². The van der Waals surface area contributed by atoms with Gasteiger partial charge in [-0.3, -0.25) is 14.7 Å².